The van der Waals surface area contributed by atoms with Crippen molar-refractivity contribution in [3.05, 3.63) is 30.0 Å². The fourth-order valence-electron chi connectivity index (χ4n) is 1.38. The molecule has 0 spiro atoms. The molecule has 0 saturated carbocycles. The van der Waals surface area contributed by atoms with Crippen LogP contribution in [0.15, 0.2) is 24.3 Å². The Morgan fingerprint density at radius 1 is 1.29 bits per heavy atom. The first-order chi connectivity index (χ1) is 8.28. The molecule has 0 aliphatic carbocycles. The highest BCUT2D eigenvalue weighted by atomic mass is 16.5. The van der Waals surface area contributed by atoms with Crippen molar-refractivity contribution in [1.29, 1.82) is 5.26 Å². The number of benzene rings is 1. The van der Waals surface area contributed by atoms with Gasteiger partial charge in [0, 0.05) is 7.05 Å². The SMILES string of the molecule is CNc1nn(-c2ccc(OC)cc2)nc1C#N. The molecule has 0 radical (unpaired) electrons. The van der Waals surface area contributed by atoms with Crippen LogP contribution in [-0.4, -0.2) is 29.2 Å². The number of ether oxygens (including phenoxy) is 1. The van der Waals surface area contributed by atoms with Crippen LogP contribution in [0.4, 0.5) is 5.82 Å². The zero-order valence-electron chi connectivity index (χ0n) is 9.51. The molecule has 0 aliphatic heterocycles. The van der Waals surface area contributed by atoms with Crippen LogP contribution in [0.2, 0.25) is 0 Å². The molecule has 0 aliphatic rings. The van der Waals surface area contributed by atoms with Gasteiger partial charge in [-0.3, -0.25) is 0 Å². The maximum atomic E-state index is 8.87. The van der Waals surface area contributed by atoms with Gasteiger partial charge in [-0.05, 0) is 24.3 Å². The number of hydrogen-bond donors (Lipinski definition) is 1. The number of hydrogen-bond acceptors (Lipinski definition) is 5. The van der Waals surface area contributed by atoms with Crippen LogP contribution in [0.25, 0.3) is 5.69 Å². The minimum Gasteiger partial charge on any atom is -0.497 e. The molecule has 0 amide bonds. The van der Waals surface area contributed by atoms with Crippen molar-refractivity contribution >= 4 is 5.82 Å². The predicted molar refractivity (Wildman–Crippen MR) is 62.2 cm³/mol. The van der Waals surface area contributed by atoms with E-state index in [0.717, 1.165) is 11.4 Å². The maximum Gasteiger partial charge on any atom is 0.207 e. The molecular formula is C11H11N5O. The van der Waals surface area contributed by atoms with Crippen LogP contribution >= 0.6 is 0 Å². The molecule has 0 bridgehead atoms. The summed E-state index contributed by atoms with van der Waals surface area (Å²) in [6, 6.07) is 9.23. The summed E-state index contributed by atoms with van der Waals surface area (Å²) in [7, 11) is 3.30. The first-order valence-corrected chi connectivity index (χ1v) is 4.98. The lowest BCUT2D eigenvalue weighted by Crippen LogP contribution is -1.99. The molecule has 2 aromatic rings. The van der Waals surface area contributed by atoms with Gasteiger partial charge in [-0.15, -0.1) is 15.0 Å². The number of nitrogens with one attached hydrogen (secondary N) is 1. The van der Waals surface area contributed by atoms with E-state index >= 15 is 0 Å². The Kier molecular flexibility index (Phi) is 2.92. The second kappa shape index (κ2) is 4.53. The number of anilines is 1. The van der Waals surface area contributed by atoms with Crippen LogP contribution in [0.5, 0.6) is 5.75 Å². The van der Waals surface area contributed by atoms with Crippen molar-refractivity contribution in [2.45, 2.75) is 0 Å². The third-order valence-corrected chi connectivity index (χ3v) is 2.26. The van der Waals surface area contributed by atoms with Crippen molar-refractivity contribution < 1.29 is 4.74 Å². The molecule has 17 heavy (non-hydrogen) atoms. The number of aromatic nitrogens is 3. The summed E-state index contributed by atoms with van der Waals surface area (Å²) >= 11 is 0. The molecule has 1 heterocycles. The standard InChI is InChI=1S/C11H11N5O/c1-13-11-10(7-12)14-16(15-11)8-3-5-9(17-2)6-4-8/h3-6H,1-2H3,(H,13,15). The Balaban J connectivity index is 2.39. The molecule has 6 nitrogen and oxygen atoms in total. The van der Waals surface area contributed by atoms with Crippen molar-refractivity contribution in [2.24, 2.45) is 0 Å². The maximum absolute atomic E-state index is 8.87. The molecular weight excluding hydrogens is 218 g/mol. The van der Waals surface area contributed by atoms with Crippen LogP contribution < -0.4 is 10.1 Å². The molecule has 86 valence electrons. The molecule has 6 heteroatoms. The van der Waals surface area contributed by atoms with Crippen molar-refractivity contribution in [3.8, 4) is 17.5 Å². The lowest BCUT2D eigenvalue weighted by molar-refractivity contribution is 0.414. The van der Waals surface area contributed by atoms with Crippen LogP contribution in [-0.2, 0) is 0 Å². The first-order valence-electron chi connectivity index (χ1n) is 4.98. The van der Waals surface area contributed by atoms with Gasteiger partial charge >= 0.3 is 0 Å². The Hall–Kier alpha value is -2.55. The molecule has 1 aromatic carbocycles. The molecule has 1 N–H and O–H groups in total. The summed E-state index contributed by atoms with van der Waals surface area (Å²) in [5.41, 5.74) is 1.03. The van der Waals surface area contributed by atoms with Gasteiger partial charge in [0.25, 0.3) is 0 Å². The Bertz CT molecular complexity index is 552. The van der Waals surface area contributed by atoms with E-state index in [0.29, 0.717) is 5.82 Å². The molecule has 2 rings (SSSR count). The van der Waals surface area contributed by atoms with Gasteiger partial charge in [0.1, 0.15) is 11.8 Å². The lowest BCUT2D eigenvalue weighted by atomic mass is 10.3. The molecule has 0 fully saturated rings. The lowest BCUT2D eigenvalue weighted by Gasteiger charge is -2.01. The first kappa shape index (κ1) is 11.0. The smallest absolute Gasteiger partial charge is 0.207 e. The quantitative estimate of drug-likeness (QED) is 0.855. The van der Waals surface area contributed by atoms with Gasteiger partial charge in [0.2, 0.25) is 5.69 Å². The van der Waals surface area contributed by atoms with Gasteiger partial charge in [-0.25, -0.2) is 0 Å². The van der Waals surface area contributed by atoms with E-state index < -0.39 is 0 Å². The van der Waals surface area contributed by atoms with E-state index in [1.165, 1.54) is 4.80 Å². The summed E-state index contributed by atoms with van der Waals surface area (Å²) < 4.78 is 5.06. The molecule has 0 saturated heterocycles. The highest BCUT2D eigenvalue weighted by Gasteiger charge is 2.09. The minimum atomic E-state index is 0.267. The zero-order valence-corrected chi connectivity index (χ0v) is 9.51. The van der Waals surface area contributed by atoms with Crippen molar-refractivity contribution in [2.75, 3.05) is 19.5 Å². The topological polar surface area (TPSA) is 75.8 Å². The number of nitrogens with zero attached hydrogens (tertiary/aromatic N) is 4. The van der Waals surface area contributed by atoms with Gasteiger partial charge in [0.05, 0.1) is 12.8 Å². The fourth-order valence-corrected chi connectivity index (χ4v) is 1.38. The second-order valence-corrected chi connectivity index (χ2v) is 3.25. The summed E-state index contributed by atoms with van der Waals surface area (Å²) in [4.78, 5) is 1.41. The Labute approximate surface area is 98.4 Å². The van der Waals surface area contributed by atoms with Gasteiger partial charge < -0.3 is 10.1 Å². The molecule has 0 unspecified atom stereocenters. The average Bonchev–Trinajstić information content (AvgIpc) is 2.82. The normalized spacial score (nSPS) is 9.71. The van der Waals surface area contributed by atoms with E-state index in [4.69, 9.17) is 10.00 Å². The van der Waals surface area contributed by atoms with Crippen LogP contribution in [0.1, 0.15) is 5.69 Å². The summed E-state index contributed by atoms with van der Waals surface area (Å²) in [5.74, 6) is 1.22. The van der Waals surface area contributed by atoms with E-state index in [-0.39, 0.29) is 5.69 Å². The molecule has 0 atom stereocenters. The van der Waals surface area contributed by atoms with E-state index in [1.807, 2.05) is 30.3 Å². The third kappa shape index (κ3) is 2.03. The second-order valence-electron chi connectivity index (χ2n) is 3.25. The van der Waals surface area contributed by atoms with Crippen LogP contribution in [0.3, 0.4) is 0 Å². The summed E-state index contributed by atoms with van der Waals surface area (Å²) in [5, 5.41) is 19.9. The number of nitriles is 1. The van der Waals surface area contributed by atoms with Crippen molar-refractivity contribution in [3.63, 3.8) is 0 Å². The number of methoxy groups -OCH3 is 1. The summed E-state index contributed by atoms with van der Waals surface area (Å²) in [6.07, 6.45) is 0. The minimum absolute atomic E-state index is 0.267. The van der Waals surface area contributed by atoms with E-state index in [9.17, 15) is 0 Å². The van der Waals surface area contributed by atoms with Gasteiger partial charge in [0.15, 0.2) is 5.82 Å². The molecule has 1 aromatic heterocycles. The number of rotatable bonds is 3. The fraction of sp³-hybridized carbons (Fsp3) is 0.182. The van der Waals surface area contributed by atoms with Gasteiger partial charge in [-0.1, -0.05) is 0 Å². The van der Waals surface area contributed by atoms with Crippen LogP contribution in [0, 0.1) is 11.3 Å². The summed E-state index contributed by atoms with van der Waals surface area (Å²) in [6.45, 7) is 0. The Morgan fingerprint density at radius 3 is 2.47 bits per heavy atom. The van der Waals surface area contributed by atoms with Crippen molar-refractivity contribution in [1.82, 2.24) is 15.0 Å². The highest BCUT2D eigenvalue weighted by molar-refractivity contribution is 5.47. The largest absolute Gasteiger partial charge is 0.497 e. The predicted octanol–water partition coefficient (Wildman–Crippen LogP) is 1.19. The van der Waals surface area contributed by atoms with E-state index in [1.54, 1.807) is 14.2 Å². The van der Waals surface area contributed by atoms with E-state index in [2.05, 4.69) is 15.5 Å². The monoisotopic (exact) mass is 229 g/mol. The average molecular weight is 229 g/mol. The zero-order chi connectivity index (χ0) is 12.3. The van der Waals surface area contributed by atoms with Gasteiger partial charge in [-0.2, -0.15) is 5.26 Å². The Morgan fingerprint density at radius 2 is 2.00 bits per heavy atom. The highest BCUT2D eigenvalue weighted by Crippen LogP contribution is 2.15. The third-order valence-electron chi connectivity index (χ3n) is 2.26.